The zero-order valence-corrected chi connectivity index (χ0v) is 7.51. The second-order valence-electron chi connectivity index (χ2n) is 2.98. The number of hydrogen-bond donors (Lipinski definition) is 0. The first-order chi connectivity index (χ1) is 6.20. The summed E-state index contributed by atoms with van der Waals surface area (Å²) in [5, 5.41) is 4.01. The highest BCUT2D eigenvalue weighted by atomic mass is 16.2. The topological polar surface area (TPSA) is 42.5 Å². The van der Waals surface area contributed by atoms with Crippen LogP contribution in [0, 0.1) is 0 Å². The van der Waals surface area contributed by atoms with E-state index in [0.717, 1.165) is 5.65 Å². The third-order valence-electron chi connectivity index (χ3n) is 1.84. The van der Waals surface area contributed by atoms with E-state index in [1.807, 2.05) is 0 Å². The van der Waals surface area contributed by atoms with Gasteiger partial charge >= 0.3 is 6.03 Å². The van der Waals surface area contributed by atoms with Crippen molar-refractivity contribution in [1.82, 2.24) is 19.1 Å². The fourth-order valence-corrected chi connectivity index (χ4v) is 1.20. The lowest BCUT2D eigenvalue weighted by atomic mass is 10.6. The van der Waals surface area contributed by atoms with Crippen LogP contribution < -0.4 is 0 Å². The predicted molar refractivity (Wildman–Crippen MR) is 47.7 cm³/mol. The molecule has 0 aliphatic heterocycles. The van der Waals surface area contributed by atoms with Crippen LogP contribution >= 0.6 is 0 Å². The molecule has 0 N–H and O–H groups in total. The number of amides is 1. The highest BCUT2D eigenvalue weighted by Crippen LogP contribution is 2.04. The van der Waals surface area contributed by atoms with Crippen LogP contribution in [0.3, 0.4) is 0 Å². The van der Waals surface area contributed by atoms with Crippen molar-refractivity contribution in [3.8, 4) is 0 Å². The van der Waals surface area contributed by atoms with Crippen molar-refractivity contribution in [3.05, 3.63) is 24.7 Å². The fraction of sp³-hybridized carbons (Fsp3) is 0.250. The Morgan fingerprint density at radius 1 is 1.46 bits per heavy atom. The maximum atomic E-state index is 11.6. The van der Waals surface area contributed by atoms with Gasteiger partial charge in [-0.3, -0.25) is 4.57 Å². The summed E-state index contributed by atoms with van der Waals surface area (Å²) in [6.45, 7) is 0. The van der Waals surface area contributed by atoms with Gasteiger partial charge in [0.05, 0.1) is 6.20 Å². The monoisotopic (exact) mass is 178 g/mol. The molecular weight excluding hydrogens is 168 g/mol. The van der Waals surface area contributed by atoms with Crippen LogP contribution in [0.4, 0.5) is 4.79 Å². The third-order valence-corrected chi connectivity index (χ3v) is 1.84. The number of fused-ring (bicyclic) bond motifs is 1. The first-order valence-corrected chi connectivity index (χ1v) is 3.92. The lowest BCUT2D eigenvalue weighted by molar-refractivity contribution is 0.220. The second kappa shape index (κ2) is 2.62. The Balaban J connectivity index is 2.54. The zero-order valence-electron chi connectivity index (χ0n) is 7.51. The largest absolute Gasteiger partial charge is 0.330 e. The van der Waals surface area contributed by atoms with Crippen molar-refractivity contribution in [2.75, 3.05) is 14.1 Å². The zero-order chi connectivity index (χ0) is 9.42. The Morgan fingerprint density at radius 3 is 2.92 bits per heavy atom. The summed E-state index contributed by atoms with van der Waals surface area (Å²) >= 11 is 0. The standard InChI is InChI=1S/C8H10N4O/c1-10(2)8(13)11-5-6-12-7(11)3-4-9-12/h3-6H,1-2H3. The van der Waals surface area contributed by atoms with Crippen LogP contribution in [0.25, 0.3) is 5.65 Å². The Bertz CT molecular complexity index is 440. The number of carbonyl (C=O) groups is 1. The summed E-state index contributed by atoms with van der Waals surface area (Å²) in [5.74, 6) is 0. The summed E-state index contributed by atoms with van der Waals surface area (Å²) in [6, 6.07) is 1.72. The molecule has 0 spiro atoms. The van der Waals surface area contributed by atoms with Crippen molar-refractivity contribution < 1.29 is 4.79 Å². The molecule has 0 aromatic carbocycles. The summed E-state index contributed by atoms with van der Waals surface area (Å²) < 4.78 is 3.20. The summed E-state index contributed by atoms with van der Waals surface area (Å²) in [5.41, 5.74) is 0.777. The van der Waals surface area contributed by atoms with Gasteiger partial charge < -0.3 is 4.90 Å². The molecule has 0 radical (unpaired) electrons. The molecule has 5 nitrogen and oxygen atoms in total. The average molecular weight is 178 g/mol. The van der Waals surface area contributed by atoms with Gasteiger partial charge in [0.1, 0.15) is 5.65 Å². The highest BCUT2D eigenvalue weighted by molar-refractivity contribution is 5.80. The first kappa shape index (κ1) is 7.85. The second-order valence-corrected chi connectivity index (χ2v) is 2.98. The normalized spacial score (nSPS) is 10.6. The van der Waals surface area contributed by atoms with Crippen LogP contribution in [-0.4, -0.2) is 39.2 Å². The van der Waals surface area contributed by atoms with E-state index >= 15 is 0 Å². The van der Waals surface area contributed by atoms with E-state index in [4.69, 9.17) is 0 Å². The van der Waals surface area contributed by atoms with Gasteiger partial charge in [0.15, 0.2) is 0 Å². The molecule has 2 rings (SSSR count). The van der Waals surface area contributed by atoms with Gasteiger partial charge in [-0.2, -0.15) is 5.10 Å². The Hall–Kier alpha value is -1.78. The van der Waals surface area contributed by atoms with E-state index in [0.29, 0.717) is 0 Å². The van der Waals surface area contributed by atoms with E-state index < -0.39 is 0 Å². The smallest absolute Gasteiger partial charge is 0.329 e. The van der Waals surface area contributed by atoms with Gasteiger partial charge in [-0.05, 0) is 0 Å². The number of imidazole rings is 1. The molecule has 0 aliphatic rings. The summed E-state index contributed by atoms with van der Waals surface area (Å²) in [6.07, 6.45) is 5.11. The maximum absolute atomic E-state index is 11.6. The van der Waals surface area contributed by atoms with Gasteiger partial charge in [0.25, 0.3) is 0 Å². The minimum atomic E-state index is -0.0736. The average Bonchev–Trinajstić information content (AvgIpc) is 2.61. The quantitative estimate of drug-likeness (QED) is 0.595. The maximum Gasteiger partial charge on any atom is 0.329 e. The van der Waals surface area contributed by atoms with Gasteiger partial charge in [-0.1, -0.05) is 0 Å². The molecule has 0 saturated heterocycles. The molecule has 13 heavy (non-hydrogen) atoms. The van der Waals surface area contributed by atoms with Crippen molar-refractivity contribution in [1.29, 1.82) is 0 Å². The Kier molecular flexibility index (Phi) is 1.58. The molecule has 2 aromatic rings. The van der Waals surface area contributed by atoms with Crippen LogP contribution in [0.15, 0.2) is 24.7 Å². The van der Waals surface area contributed by atoms with Crippen LogP contribution in [-0.2, 0) is 0 Å². The van der Waals surface area contributed by atoms with Gasteiger partial charge in [-0.25, -0.2) is 9.31 Å². The minimum Gasteiger partial charge on any atom is -0.330 e. The van der Waals surface area contributed by atoms with Gasteiger partial charge in [-0.15, -0.1) is 0 Å². The number of carbonyl (C=O) groups excluding carboxylic acids is 1. The van der Waals surface area contributed by atoms with Crippen molar-refractivity contribution in [2.24, 2.45) is 0 Å². The fourth-order valence-electron chi connectivity index (χ4n) is 1.20. The molecule has 68 valence electrons. The molecule has 5 heteroatoms. The van der Waals surface area contributed by atoms with E-state index in [1.54, 1.807) is 47.8 Å². The summed E-state index contributed by atoms with van der Waals surface area (Å²) in [7, 11) is 3.43. The molecule has 0 bridgehead atoms. The molecule has 0 unspecified atom stereocenters. The SMILES string of the molecule is CN(C)C(=O)n1ccn2nccc12. The van der Waals surface area contributed by atoms with Crippen molar-refractivity contribution in [3.63, 3.8) is 0 Å². The van der Waals surface area contributed by atoms with Crippen LogP contribution in [0.1, 0.15) is 0 Å². The van der Waals surface area contributed by atoms with E-state index in [-0.39, 0.29) is 6.03 Å². The summed E-state index contributed by atoms with van der Waals surface area (Å²) in [4.78, 5) is 13.1. The third kappa shape index (κ3) is 1.09. The highest BCUT2D eigenvalue weighted by Gasteiger charge is 2.10. The van der Waals surface area contributed by atoms with Crippen molar-refractivity contribution in [2.45, 2.75) is 0 Å². The molecule has 0 saturated carbocycles. The lowest BCUT2D eigenvalue weighted by Gasteiger charge is -2.10. The Morgan fingerprint density at radius 2 is 2.23 bits per heavy atom. The number of aromatic nitrogens is 3. The number of hydrogen-bond acceptors (Lipinski definition) is 2. The van der Waals surface area contributed by atoms with Gasteiger partial charge in [0.2, 0.25) is 0 Å². The molecule has 0 atom stereocenters. The number of nitrogens with zero attached hydrogens (tertiary/aromatic N) is 4. The molecule has 2 heterocycles. The van der Waals surface area contributed by atoms with Gasteiger partial charge in [0, 0.05) is 32.6 Å². The molecular formula is C8H10N4O. The van der Waals surface area contributed by atoms with E-state index in [1.165, 1.54) is 4.90 Å². The van der Waals surface area contributed by atoms with E-state index in [2.05, 4.69) is 5.10 Å². The molecule has 0 aliphatic carbocycles. The predicted octanol–water partition coefficient (Wildman–Crippen LogP) is 0.665. The molecule has 0 fully saturated rings. The van der Waals surface area contributed by atoms with Crippen LogP contribution in [0.2, 0.25) is 0 Å². The minimum absolute atomic E-state index is 0.0736. The Labute approximate surface area is 75.2 Å². The van der Waals surface area contributed by atoms with Crippen molar-refractivity contribution >= 4 is 11.7 Å². The van der Waals surface area contributed by atoms with E-state index in [9.17, 15) is 4.79 Å². The number of rotatable bonds is 0. The first-order valence-electron chi connectivity index (χ1n) is 3.92. The molecule has 1 amide bonds. The molecule has 2 aromatic heterocycles. The van der Waals surface area contributed by atoms with Crippen LogP contribution in [0.5, 0.6) is 0 Å². The lowest BCUT2D eigenvalue weighted by Crippen LogP contribution is -2.26.